The lowest BCUT2D eigenvalue weighted by Crippen LogP contribution is -2.51. The van der Waals surface area contributed by atoms with Gasteiger partial charge in [-0.15, -0.1) is 0 Å². The molecule has 158 valence electrons. The highest BCUT2D eigenvalue weighted by atomic mass is 16.5. The molecule has 4 aliphatic rings. The number of pyridine rings is 1. The molecule has 29 heavy (non-hydrogen) atoms. The number of rotatable bonds is 3. The van der Waals surface area contributed by atoms with E-state index < -0.39 is 0 Å². The van der Waals surface area contributed by atoms with Crippen LogP contribution in [0.3, 0.4) is 0 Å². The summed E-state index contributed by atoms with van der Waals surface area (Å²) in [6, 6.07) is 3.96. The Hall–Kier alpha value is -1.35. The van der Waals surface area contributed by atoms with Gasteiger partial charge in [0.1, 0.15) is 5.75 Å². The first-order valence-corrected chi connectivity index (χ1v) is 11.9. The number of aliphatic hydroxyl groups excluding tert-OH is 1. The number of aliphatic hydroxyl groups is 1. The largest absolute Gasteiger partial charge is 0.490 e. The molecule has 1 aromatic rings. The van der Waals surface area contributed by atoms with E-state index in [1.54, 1.807) is 5.57 Å². The molecule has 3 nitrogen and oxygen atoms in total. The van der Waals surface area contributed by atoms with E-state index in [9.17, 15) is 5.11 Å². The van der Waals surface area contributed by atoms with Gasteiger partial charge in [-0.3, -0.25) is 4.98 Å². The lowest BCUT2D eigenvalue weighted by atomic mass is 9.47. The van der Waals surface area contributed by atoms with E-state index in [4.69, 9.17) is 4.74 Å². The third kappa shape index (κ3) is 3.07. The Morgan fingerprint density at radius 3 is 2.66 bits per heavy atom. The molecule has 0 radical (unpaired) electrons. The van der Waals surface area contributed by atoms with Crippen LogP contribution in [0.2, 0.25) is 0 Å². The van der Waals surface area contributed by atoms with Crippen molar-refractivity contribution < 1.29 is 9.84 Å². The molecule has 0 amide bonds. The van der Waals surface area contributed by atoms with Crippen LogP contribution < -0.4 is 4.74 Å². The highest BCUT2D eigenvalue weighted by Crippen LogP contribution is 2.66. The molecule has 0 aliphatic heterocycles. The minimum absolute atomic E-state index is 0.109. The molecule has 0 aromatic carbocycles. The van der Waals surface area contributed by atoms with Crippen molar-refractivity contribution in [1.29, 1.82) is 0 Å². The predicted molar refractivity (Wildman–Crippen MR) is 116 cm³/mol. The number of hydrogen-bond acceptors (Lipinski definition) is 3. The molecular weight excluding hydrogens is 358 g/mol. The molecule has 8 atom stereocenters. The Labute approximate surface area is 176 Å². The summed E-state index contributed by atoms with van der Waals surface area (Å²) >= 11 is 0. The quantitative estimate of drug-likeness (QED) is 0.659. The summed E-state index contributed by atoms with van der Waals surface area (Å²) in [6.45, 7) is 7.38. The lowest BCUT2D eigenvalue weighted by Gasteiger charge is -2.58. The number of allylic oxidation sites excluding steroid dienone is 1. The lowest BCUT2D eigenvalue weighted by molar-refractivity contribution is -0.0643. The maximum Gasteiger partial charge on any atom is 0.122 e. The molecule has 3 saturated carbocycles. The third-order valence-corrected chi connectivity index (χ3v) is 9.69. The van der Waals surface area contributed by atoms with Crippen molar-refractivity contribution in [3.05, 3.63) is 36.2 Å². The molecule has 1 aromatic heterocycles. The summed E-state index contributed by atoms with van der Waals surface area (Å²) in [4.78, 5) is 4.12. The summed E-state index contributed by atoms with van der Waals surface area (Å²) in [5, 5.41) is 10.2. The van der Waals surface area contributed by atoms with E-state index in [1.165, 1.54) is 38.5 Å². The van der Waals surface area contributed by atoms with E-state index in [0.29, 0.717) is 16.7 Å². The van der Waals surface area contributed by atoms with Crippen LogP contribution in [-0.4, -0.2) is 22.3 Å². The van der Waals surface area contributed by atoms with Gasteiger partial charge in [-0.25, -0.2) is 0 Å². The molecule has 0 bridgehead atoms. The van der Waals surface area contributed by atoms with Gasteiger partial charge in [0.15, 0.2) is 0 Å². The average molecular weight is 396 g/mol. The molecule has 3 heteroatoms. The van der Waals surface area contributed by atoms with Crippen LogP contribution in [-0.2, 0) is 0 Å². The summed E-state index contributed by atoms with van der Waals surface area (Å²) in [6.07, 6.45) is 16.0. The molecule has 1 heterocycles. The molecule has 5 rings (SSSR count). The summed E-state index contributed by atoms with van der Waals surface area (Å²) in [5.74, 6) is 4.02. The van der Waals surface area contributed by atoms with Gasteiger partial charge in [0.2, 0.25) is 0 Å². The van der Waals surface area contributed by atoms with Crippen molar-refractivity contribution in [3.63, 3.8) is 0 Å². The van der Waals surface area contributed by atoms with Crippen LogP contribution in [0.5, 0.6) is 5.75 Å². The third-order valence-electron chi connectivity index (χ3n) is 9.69. The van der Waals surface area contributed by atoms with Crippen LogP contribution >= 0.6 is 0 Å². The Morgan fingerprint density at radius 2 is 1.86 bits per heavy atom. The van der Waals surface area contributed by atoms with Gasteiger partial charge in [0.25, 0.3) is 0 Å². The Bertz CT molecular complexity index is 776. The first kappa shape index (κ1) is 19.6. The Kier molecular flexibility index (Phi) is 4.81. The number of nitrogens with zero attached hydrogens (tertiary/aromatic N) is 1. The fourth-order valence-corrected chi connectivity index (χ4v) is 8.17. The van der Waals surface area contributed by atoms with Crippen molar-refractivity contribution in [1.82, 2.24) is 4.98 Å². The number of hydrogen-bond donors (Lipinski definition) is 1. The zero-order valence-corrected chi connectivity index (χ0v) is 18.3. The molecule has 0 unspecified atom stereocenters. The number of fused-ring (bicyclic) bond motifs is 5. The van der Waals surface area contributed by atoms with Gasteiger partial charge in [-0.1, -0.05) is 25.5 Å². The second-order valence-corrected chi connectivity index (χ2v) is 10.9. The van der Waals surface area contributed by atoms with Gasteiger partial charge in [-0.05, 0) is 99.0 Å². The molecular formula is C26H37NO2. The summed E-state index contributed by atoms with van der Waals surface area (Å²) in [5.41, 5.74) is 2.30. The Balaban J connectivity index is 1.37. The van der Waals surface area contributed by atoms with Crippen LogP contribution in [0, 0.1) is 34.5 Å². The average Bonchev–Trinajstić information content (AvgIpc) is 3.06. The van der Waals surface area contributed by atoms with Crippen LogP contribution in [0.4, 0.5) is 0 Å². The second kappa shape index (κ2) is 7.11. The zero-order valence-electron chi connectivity index (χ0n) is 18.3. The van der Waals surface area contributed by atoms with Gasteiger partial charge >= 0.3 is 0 Å². The minimum atomic E-state index is -0.109. The first-order valence-electron chi connectivity index (χ1n) is 11.9. The van der Waals surface area contributed by atoms with Crippen LogP contribution in [0.1, 0.15) is 72.1 Å². The molecule has 0 spiro atoms. The molecule has 4 aliphatic carbocycles. The maximum absolute atomic E-state index is 10.2. The topological polar surface area (TPSA) is 42.4 Å². The number of ether oxygens (including phenoxy) is 1. The van der Waals surface area contributed by atoms with Crippen molar-refractivity contribution in [2.45, 2.75) is 84.3 Å². The van der Waals surface area contributed by atoms with E-state index in [-0.39, 0.29) is 12.2 Å². The van der Waals surface area contributed by atoms with E-state index >= 15 is 0 Å². The monoisotopic (exact) mass is 395 g/mol. The fraction of sp³-hybridized carbons (Fsp3) is 0.731. The SMILES string of the molecule is C[C@H](Oc1ccncc1)[C@H]1CC[C@H]2[C@@H]3CC=C4C[C@@H](O)CC[C@]4(C)[C@H]3CC[C@]12C. The zero-order chi connectivity index (χ0) is 20.2. The summed E-state index contributed by atoms with van der Waals surface area (Å²) < 4.78 is 6.39. The minimum Gasteiger partial charge on any atom is -0.490 e. The van der Waals surface area contributed by atoms with Crippen LogP contribution in [0.15, 0.2) is 36.2 Å². The molecule has 3 fully saturated rings. The Morgan fingerprint density at radius 1 is 1.07 bits per heavy atom. The maximum atomic E-state index is 10.2. The molecule has 0 saturated heterocycles. The van der Waals surface area contributed by atoms with Gasteiger partial charge in [0.05, 0.1) is 12.2 Å². The van der Waals surface area contributed by atoms with Crippen molar-refractivity contribution in [2.75, 3.05) is 0 Å². The van der Waals surface area contributed by atoms with E-state index in [1.807, 2.05) is 24.5 Å². The van der Waals surface area contributed by atoms with E-state index in [0.717, 1.165) is 36.3 Å². The second-order valence-electron chi connectivity index (χ2n) is 10.9. The van der Waals surface area contributed by atoms with Gasteiger partial charge in [0, 0.05) is 18.3 Å². The van der Waals surface area contributed by atoms with Crippen LogP contribution in [0.25, 0.3) is 0 Å². The standard InChI is InChI=1S/C26H37NO2/c1-17(29-20-10-14-27-15-11-20)22-6-7-23-21-5-4-18-16-19(28)8-12-25(18,2)24(21)9-13-26(22,23)3/h4,10-11,14-15,17,19,21-24,28H,5-9,12-13,16H2,1-3H3/t17-,19-,21-,22+,23-,24-,25-,26+/m0/s1. The highest BCUT2D eigenvalue weighted by Gasteiger charge is 2.59. The molecule has 1 N–H and O–H groups in total. The predicted octanol–water partition coefficient (Wildman–Crippen LogP) is 5.79. The summed E-state index contributed by atoms with van der Waals surface area (Å²) in [7, 11) is 0. The first-order chi connectivity index (χ1) is 13.9. The van der Waals surface area contributed by atoms with E-state index in [2.05, 4.69) is 31.8 Å². The van der Waals surface area contributed by atoms with Crippen molar-refractivity contribution in [2.24, 2.45) is 34.5 Å². The fourth-order valence-electron chi connectivity index (χ4n) is 8.17. The van der Waals surface area contributed by atoms with Crippen molar-refractivity contribution >= 4 is 0 Å². The van der Waals surface area contributed by atoms with Gasteiger partial charge in [-0.2, -0.15) is 0 Å². The van der Waals surface area contributed by atoms with Gasteiger partial charge < -0.3 is 9.84 Å². The smallest absolute Gasteiger partial charge is 0.122 e. The highest BCUT2D eigenvalue weighted by molar-refractivity contribution is 5.25. The van der Waals surface area contributed by atoms with Crippen molar-refractivity contribution in [3.8, 4) is 5.75 Å². The normalized spacial score (nSPS) is 44.8. The number of aromatic nitrogens is 1.